The van der Waals surface area contributed by atoms with Crippen LogP contribution in [0.25, 0.3) is 44.5 Å². The van der Waals surface area contributed by atoms with Gasteiger partial charge in [-0.1, -0.05) is 132 Å². The number of rotatable bonds is 7. The van der Waals surface area contributed by atoms with Gasteiger partial charge in [-0.25, -0.2) is 9.97 Å². The molecule has 5 heterocycles. The molecule has 8 rings (SSSR count). The molecule has 0 atom stereocenters. The Morgan fingerprint density at radius 2 is 1.39 bits per heavy atom. The summed E-state index contributed by atoms with van der Waals surface area (Å²) in [6.45, 7) is 28.1. The molecule has 4 aromatic heterocycles. The Balaban J connectivity index is 1.24. The van der Waals surface area contributed by atoms with Crippen LogP contribution in [-0.2, 0) is 21.7 Å². The molecule has 1 aliphatic rings. The molecular weight excluding hydrogens is 623 g/mol. The fraction of sp³-hybridized carbons (Fsp3) is 0.391. The highest BCUT2D eigenvalue weighted by atomic mass is 15.1. The van der Waals surface area contributed by atoms with E-state index in [4.69, 9.17) is 9.97 Å². The molecule has 0 radical (unpaired) electrons. The van der Waals surface area contributed by atoms with Crippen LogP contribution in [0, 0.1) is 0 Å². The van der Waals surface area contributed by atoms with Gasteiger partial charge in [0.15, 0.2) is 5.82 Å². The molecule has 0 saturated carbocycles. The van der Waals surface area contributed by atoms with Gasteiger partial charge in [0.25, 0.3) is 0 Å². The van der Waals surface area contributed by atoms with Crippen LogP contribution in [0.5, 0.6) is 0 Å². The average molecular weight is 676 g/mol. The van der Waals surface area contributed by atoms with Crippen molar-refractivity contribution < 1.29 is 0 Å². The highest BCUT2D eigenvalue weighted by molar-refractivity contribution is 6.13. The van der Waals surface area contributed by atoms with Crippen molar-refractivity contribution in [3.63, 3.8) is 0 Å². The number of hydrogen-bond acceptors (Lipinski definition) is 2. The van der Waals surface area contributed by atoms with E-state index in [2.05, 4.69) is 176 Å². The van der Waals surface area contributed by atoms with Crippen molar-refractivity contribution in [1.82, 2.24) is 23.9 Å². The summed E-state index contributed by atoms with van der Waals surface area (Å²) in [4.78, 5) is 13.9. The Hall–Kier alpha value is -4.64. The number of pyridine rings is 1. The first-order valence-corrected chi connectivity index (χ1v) is 18.7. The molecule has 1 N–H and O–H groups in total. The zero-order valence-corrected chi connectivity index (χ0v) is 32.5. The van der Waals surface area contributed by atoms with Crippen molar-refractivity contribution in [3.05, 3.63) is 119 Å². The maximum absolute atomic E-state index is 5.15. The minimum Gasteiger partial charge on any atom is -0.355 e. The minimum absolute atomic E-state index is 0.0321. The van der Waals surface area contributed by atoms with Crippen LogP contribution in [0.4, 0.5) is 0 Å². The molecule has 0 spiro atoms. The van der Waals surface area contributed by atoms with E-state index < -0.39 is 0 Å². The molecule has 0 fully saturated rings. The fourth-order valence-electron chi connectivity index (χ4n) is 8.79. The summed E-state index contributed by atoms with van der Waals surface area (Å²) in [5, 5.41) is 3.77. The first-order chi connectivity index (χ1) is 24.0. The number of aromatic nitrogens is 5. The molecule has 5 heteroatoms. The number of H-pyrrole nitrogens is 1. The van der Waals surface area contributed by atoms with Crippen molar-refractivity contribution in [2.24, 2.45) is 0 Å². The largest absolute Gasteiger partial charge is 0.355 e. The third-order valence-corrected chi connectivity index (χ3v) is 13.6. The fourth-order valence-corrected chi connectivity index (χ4v) is 8.79. The summed E-state index contributed by atoms with van der Waals surface area (Å²) >= 11 is 0. The lowest BCUT2D eigenvalue weighted by atomic mass is 9.60. The Morgan fingerprint density at radius 3 is 2.08 bits per heavy atom. The van der Waals surface area contributed by atoms with Gasteiger partial charge in [-0.3, -0.25) is 8.97 Å². The summed E-state index contributed by atoms with van der Waals surface area (Å²) in [6.07, 6.45) is 6.17. The topological polar surface area (TPSA) is 50.9 Å². The normalized spacial score (nSPS) is 15.7. The number of benzene rings is 3. The van der Waals surface area contributed by atoms with Gasteiger partial charge in [0, 0.05) is 62.4 Å². The summed E-state index contributed by atoms with van der Waals surface area (Å²) in [5.74, 6) is 1.73. The van der Waals surface area contributed by atoms with Crippen LogP contribution in [0.2, 0.25) is 0 Å². The highest BCUT2D eigenvalue weighted by Crippen LogP contribution is 2.52. The number of nitrogens with one attached hydrogen (secondary N) is 1. The molecule has 5 nitrogen and oxygen atoms in total. The monoisotopic (exact) mass is 675 g/mol. The number of aromatic amines is 1. The van der Waals surface area contributed by atoms with E-state index in [0.717, 1.165) is 17.2 Å². The number of fused-ring (bicyclic) bond motifs is 3. The molecule has 0 saturated heterocycles. The van der Waals surface area contributed by atoms with E-state index >= 15 is 0 Å². The Labute approximate surface area is 303 Å². The summed E-state index contributed by atoms with van der Waals surface area (Å²) < 4.78 is 4.75. The molecule has 0 bridgehead atoms. The summed E-state index contributed by atoms with van der Waals surface area (Å²) in [7, 11) is 0. The van der Waals surface area contributed by atoms with Crippen LogP contribution in [-0.4, -0.2) is 23.9 Å². The van der Waals surface area contributed by atoms with Gasteiger partial charge in [0.1, 0.15) is 5.65 Å². The van der Waals surface area contributed by atoms with Gasteiger partial charge in [-0.15, -0.1) is 0 Å². The van der Waals surface area contributed by atoms with Gasteiger partial charge in [-0.2, -0.15) is 0 Å². The Morgan fingerprint density at radius 1 is 0.706 bits per heavy atom. The zero-order valence-electron chi connectivity index (χ0n) is 32.5. The third-order valence-electron chi connectivity index (χ3n) is 13.6. The molecule has 0 amide bonds. The van der Waals surface area contributed by atoms with E-state index in [-0.39, 0.29) is 21.7 Å². The lowest BCUT2D eigenvalue weighted by Gasteiger charge is -2.45. The Bertz CT molecular complexity index is 2460. The van der Waals surface area contributed by atoms with Crippen LogP contribution < -0.4 is 0 Å². The van der Waals surface area contributed by atoms with Gasteiger partial charge >= 0.3 is 0 Å². The van der Waals surface area contributed by atoms with Crippen LogP contribution in [0.15, 0.2) is 85.3 Å². The molecule has 3 aromatic carbocycles. The summed E-state index contributed by atoms with van der Waals surface area (Å²) in [6, 6.07) is 25.2. The van der Waals surface area contributed by atoms with E-state index in [0.29, 0.717) is 11.8 Å². The van der Waals surface area contributed by atoms with Crippen molar-refractivity contribution in [2.75, 3.05) is 0 Å². The maximum atomic E-state index is 5.15. The first-order valence-electron chi connectivity index (χ1n) is 18.7. The molecule has 51 heavy (non-hydrogen) atoms. The number of hydrogen-bond donors (Lipinski definition) is 1. The second-order valence-electron chi connectivity index (χ2n) is 17.8. The summed E-state index contributed by atoms with van der Waals surface area (Å²) in [5.41, 5.74) is 11.9. The molecule has 1 aliphatic heterocycles. The van der Waals surface area contributed by atoms with E-state index in [1.165, 1.54) is 61.0 Å². The van der Waals surface area contributed by atoms with Crippen molar-refractivity contribution >= 4 is 27.3 Å². The van der Waals surface area contributed by atoms with Gasteiger partial charge < -0.3 is 4.98 Å². The number of para-hydroxylation sites is 2. The average Bonchev–Trinajstić information content (AvgIpc) is 3.87. The Kier molecular flexibility index (Phi) is 7.18. The first kappa shape index (κ1) is 33.5. The highest BCUT2D eigenvalue weighted by Gasteiger charge is 2.47. The van der Waals surface area contributed by atoms with Gasteiger partial charge in [-0.05, 0) is 57.7 Å². The maximum Gasteiger partial charge on any atom is 0.161 e. The molecule has 0 aliphatic carbocycles. The predicted octanol–water partition coefficient (Wildman–Crippen LogP) is 11.9. The smallest absolute Gasteiger partial charge is 0.161 e. The SMILES string of the molecule is CC(C)c1cccc(C(C)C)c1-n1ccnc1-c1ccc(C(C)(C)C(C)(C)c2ccc3c(c2)c2ncc4n2c2c(cccc32)C(C)(C)C4(C)C)[nH]1. The van der Waals surface area contributed by atoms with Crippen LogP contribution >= 0.6 is 0 Å². The van der Waals surface area contributed by atoms with Gasteiger partial charge in [0.05, 0.1) is 16.9 Å². The second-order valence-corrected chi connectivity index (χ2v) is 17.8. The van der Waals surface area contributed by atoms with Crippen molar-refractivity contribution in [3.8, 4) is 17.2 Å². The van der Waals surface area contributed by atoms with Crippen LogP contribution in [0.1, 0.15) is 129 Å². The predicted molar refractivity (Wildman–Crippen MR) is 214 cm³/mol. The van der Waals surface area contributed by atoms with E-state index in [9.17, 15) is 0 Å². The number of imidazole rings is 2. The van der Waals surface area contributed by atoms with Crippen molar-refractivity contribution in [1.29, 1.82) is 0 Å². The quantitative estimate of drug-likeness (QED) is 0.171. The third kappa shape index (κ3) is 4.45. The zero-order chi connectivity index (χ0) is 36.4. The lowest BCUT2D eigenvalue weighted by Crippen LogP contribution is -2.44. The van der Waals surface area contributed by atoms with Gasteiger partial charge in [0.2, 0.25) is 0 Å². The van der Waals surface area contributed by atoms with E-state index in [1.54, 1.807) is 0 Å². The molecule has 7 aromatic rings. The minimum atomic E-state index is -0.242. The second kappa shape index (κ2) is 10.9. The molecule has 0 unspecified atom stereocenters. The standard InChI is InChI=1S/C46H53N5/c1-27(2)30-15-13-16-31(28(3)4)39(30)50-24-23-47-42(50)36-21-22-37(49-36)45(9,10)43(5,6)29-19-20-32-33-17-14-18-35-40(33)51-38(46(11,12)44(35,7)8)26-48-41(51)34(32)25-29/h13-28,49H,1-12H3. The van der Waals surface area contributed by atoms with E-state index in [1.807, 2.05) is 6.20 Å². The lowest BCUT2D eigenvalue weighted by molar-refractivity contribution is 0.288. The molecular formula is C46H53N5. The van der Waals surface area contributed by atoms with Crippen LogP contribution in [0.3, 0.4) is 0 Å². The molecule has 262 valence electrons. The number of nitrogens with zero attached hydrogens (tertiary/aromatic N) is 4. The van der Waals surface area contributed by atoms with Crippen molar-refractivity contribution in [2.45, 2.75) is 117 Å².